The third-order valence-corrected chi connectivity index (χ3v) is 5.47. The lowest BCUT2D eigenvalue weighted by molar-refractivity contribution is -0.383. The molecule has 4 aromatic rings. The highest BCUT2D eigenvalue weighted by Gasteiger charge is 2.26. The first-order valence-corrected chi connectivity index (χ1v) is 10.4. The van der Waals surface area contributed by atoms with E-state index in [1.54, 1.807) is 18.2 Å². The van der Waals surface area contributed by atoms with Crippen LogP contribution in [-0.2, 0) is 0 Å². The van der Waals surface area contributed by atoms with Gasteiger partial charge in [-0.3, -0.25) is 10.1 Å². The van der Waals surface area contributed by atoms with Crippen molar-refractivity contribution < 1.29 is 4.92 Å². The van der Waals surface area contributed by atoms with Crippen LogP contribution in [-0.4, -0.2) is 14.9 Å². The van der Waals surface area contributed by atoms with Crippen LogP contribution in [0.3, 0.4) is 0 Å². The van der Waals surface area contributed by atoms with Crippen molar-refractivity contribution in [1.29, 1.82) is 0 Å². The Bertz CT molecular complexity index is 1200. The Morgan fingerprint density at radius 1 is 0.812 bits per heavy atom. The summed E-state index contributed by atoms with van der Waals surface area (Å²) >= 11 is 12.0. The summed E-state index contributed by atoms with van der Waals surface area (Å²) < 4.78 is 0. The topological polar surface area (TPSA) is 93.0 Å². The third-order valence-electron chi connectivity index (χ3n) is 4.73. The molecule has 1 aromatic heterocycles. The Hall–Kier alpha value is -3.68. The Balaban J connectivity index is 1.74. The number of halogens is 2. The molecule has 0 aliphatic rings. The quantitative estimate of drug-likeness (QED) is 0.234. The molecule has 0 saturated carbocycles. The van der Waals surface area contributed by atoms with Gasteiger partial charge in [-0.25, -0.2) is 9.97 Å². The molecule has 7 nitrogen and oxygen atoms in total. The molecule has 0 fully saturated rings. The number of anilines is 3. The number of nitro groups is 1. The molecule has 0 spiro atoms. The molecule has 0 amide bonds. The van der Waals surface area contributed by atoms with Crippen LogP contribution in [0.1, 0.15) is 17.2 Å². The lowest BCUT2D eigenvalue weighted by Gasteiger charge is -2.20. The van der Waals surface area contributed by atoms with E-state index in [4.69, 9.17) is 23.2 Å². The molecule has 4 rings (SSSR count). The predicted molar refractivity (Wildman–Crippen MR) is 127 cm³/mol. The van der Waals surface area contributed by atoms with Gasteiger partial charge >= 0.3 is 5.69 Å². The smallest absolute Gasteiger partial charge is 0.353 e. The fourth-order valence-electron chi connectivity index (χ4n) is 3.25. The minimum absolute atomic E-state index is 0.0331. The molecule has 1 heterocycles. The van der Waals surface area contributed by atoms with E-state index in [0.29, 0.717) is 15.7 Å². The predicted octanol–water partition coefficient (Wildman–Crippen LogP) is 6.64. The molecule has 160 valence electrons. The maximum Gasteiger partial charge on any atom is 0.353 e. The zero-order chi connectivity index (χ0) is 22.5. The minimum atomic E-state index is -0.519. The summed E-state index contributed by atoms with van der Waals surface area (Å²) in [5.41, 5.74) is 2.10. The van der Waals surface area contributed by atoms with Crippen molar-refractivity contribution in [3.8, 4) is 0 Å². The molecule has 3 aromatic carbocycles. The number of aromatic nitrogens is 2. The molecule has 0 radical (unpaired) electrons. The average molecular weight is 466 g/mol. The summed E-state index contributed by atoms with van der Waals surface area (Å²) in [4.78, 5) is 19.7. The van der Waals surface area contributed by atoms with Crippen LogP contribution in [0, 0.1) is 10.1 Å². The van der Waals surface area contributed by atoms with Gasteiger partial charge in [-0.1, -0.05) is 83.9 Å². The Morgan fingerprint density at radius 2 is 1.41 bits per heavy atom. The molecular weight excluding hydrogens is 449 g/mol. The van der Waals surface area contributed by atoms with Crippen LogP contribution in [0.4, 0.5) is 23.0 Å². The van der Waals surface area contributed by atoms with Crippen LogP contribution < -0.4 is 10.6 Å². The molecule has 32 heavy (non-hydrogen) atoms. The molecule has 2 N–H and O–H groups in total. The van der Waals surface area contributed by atoms with E-state index in [9.17, 15) is 10.1 Å². The number of nitrogens with zero attached hydrogens (tertiary/aromatic N) is 3. The molecule has 9 heteroatoms. The number of hydrogen-bond acceptors (Lipinski definition) is 6. The van der Waals surface area contributed by atoms with Gasteiger partial charge in [0.05, 0.1) is 21.0 Å². The van der Waals surface area contributed by atoms with Crippen LogP contribution in [0.25, 0.3) is 0 Å². The van der Waals surface area contributed by atoms with Gasteiger partial charge < -0.3 is 10.6 Å². The summed E-state index contributed by atoms with van der Waals surface area (Å²) in [6, 6.07) is 23.8. The third kappa shape index (κ3) is 4.80. The van der Waals surface area contributed by atoms with Crippen molar-refractivity contribution in [3.63, 3.8) is 0 Å². The van der Waals surface area contributed by atoms with Crippen molar-refractivity contribution in [2.75, 3.05) is 10.6 Å². The molecular formula is C23H17Cl2N5O2. The largest absolute Gasteiger partial charge is 0.353 e. The highest BCUT2D eigenvalue weighted by molar-refractivity contribution is 6.42. The van der Waals surface area contributed by atoms with E-state index < -0.39 is 4.92 Å². The zero-order valence-electron chi connectivity index (χ0n) is 16.6. The van der Waals surface area contributed by atoms with Gasteiger partial charge in [-0.15, -0.1) is 0 Å². The van der Waals surface area contributed by atoms with Crippen molar-refractivity contribution >= 4 is 46.2 Å². The van der Waals surface area contributed by atoms with E-state index in [1.165, 1.54) is 6.33 Å². The monoisotopic (exact) mass is 465 g/mol. The normalized spacial score (nSPS) is 10.7. The van der Waals surface area contributed by atoms with Gasteiger partial charge in [0.15, 0.2) is 0 Å². The standard InChI is InChI=1S/C23H17Cl2N5O2/c24-18-12-11-17(13-19(18)25)28-22-21(30(31)32)23(27-14-26-22)29-20(15-7-3-1-4-8-15)16-9-5-2-6-10-16/h1-14,20H,(H2,26,27,28,29). The average Bonchev–Trinajstić information content (AvgIpc) is 2.81. The van der Waals surface area contributed by atoms with E-state index in [1.807, 2.05) is 60.7 Å². The van der Waals surface area contributed by atoms with Gasteiger partial charge in [0, 0.05) is 5.69 Å². The first-order valence-electron chi connectivity index (χ1n) is 9.61. The maximum atomic E-state index is 12.0. The molecule has 0 unspecified atom stereocenters. The number of nitrogens with one attached hydrogen (secondary N) is 2. The first-order chi connectivity index (χ1) is 15.5. The Kier molecular flexibility index (Phi) is 6.49. The lowest BCUT2D eigenvalue weighted by atomic mass is 9.99. The lowest BCUT2D eigenvalue weighted by Crippen LogP contribution is -2.15. The summed E-state index contributed by atoms with van der Waals surface area (Å²) in [6.07, 6.45) is 1.27. The number of benzene rings is 3. The second-order valence-electron chi connectivity index (χ2n) is 6.83. The molecule has 0 bridgehead atoms. The van der Waals surface area contributed by atoms with Crippen molar-refractivity contribution in [3.05, 3.63) is 116 Å². The molecule has 0 saturated heterocycles. The maximum absolute atomic E-state index is 12.0. The van der Waals surface area contributed by atoms with Gasteiger partial charge in [0.25, 0.3) is 0 Å². The molecule has 0 aliphatic heterocycles. The fourth-order valence-corrected chi connectivity index (χ4v) is 3.54. The highest BCUT2D eigenvalue weighted by atomic mass is 35.5. The van der Waals surface area contributed by atoms with Gasteiger partial charge in [-0.2, -0.15) is 0 Å². The Labute approximate surface area is 194 Å². The second-order valence-corrected chi connectivity index (χ2v) is 7.64. The van der Waals surface area contributed by atoms with E-state index in [0.717, 1.165) is 11.1 Å². The molecule has 0 atom stereocenters. The van der Waals surface area contributed by atoms with E-state index in [2.05, 4.69) is 20.6 Å². The van der Waals surface area contributed by atoms with Crippen LogP contribution in [0.2, 0.25) is 10.0 Å². The molecule has 0 aliphatic carbocycles. The first kappa shape index (κ1) is 21.5. The van der Waals surface area contributed by atoms with Crippen molar-refractivity contribution in [2.24, 2.45) is 0 Å². The van der Waals surface area contributed by atoms with E-state index >= 15 is 0 Å². The van der Waals surface area contributed by atoms with Gasteiger partial charge in [-0.05, 0) is 29.3 Å². The minimum Gasteiger partial charge on any atom is -0.353 e. The summed E-state index contributed by atoms with van der Waals surface area (Å²) in [6.45, 7) is 0. The van der Waals surface area contributed by atoms with Crippen LogP contribution in [0.15, 0.2) is 85.2 Å². The van der Waals surface area contributed by atoms with Crippen molar-refractivity contribution in [1.82, 2.24) is 9.97 Å². The summed E-state index contributed by atoms with van der Waals surface area (Å²) in [5, 5.41) is 18.9. The zero-order valence-corrected chi connectivity index (χ0v) is 18.1. The van der Waals surface area contributed by atoms with Crippen molar-refractivity contribution in [2.45, 2.75) is 6.04 Å². The van der Waals surface area contributed by atoms with Crippen LogP contribution >= 0.6 is 23.2 Å². The van der Waals surface area contributed by atoms with Gasteiger partial charge in [0.1, 0.15) is 6.33 Å². The highest BCUT2D eigenvalue weighted by Crippen LogP contribution is 2.36. The van der Waals surface area contributed by atoms with Crippen LogP contribution in [0.5, 0.6) is 0 Å². The second kappa shape index (κ2) is 9.64. The fraction of sp³-hybridized carbons (Fsp3) is 0.0435. The van der Waals surface area contributed by atoms with Gasteiger partial charge in [0.2, 0.25) is 11.6 Å². The summed E-state index contributed by atoms with van der Waals surface area (Å²) in [5.74, 6) is 0.121. The summed E-state index contributed by atoms with van der Waals surface area (Å²) in [7, 11) is 0. The van der Waals surface area contributed by atoms with E-state index in [-0.39, 0.29) is 23.4 Å². The number of rotatable bonds is 7. The Morgan fingerprint density at radius 3 is 1.97 bits per heavy atom. The number of hydrogen-bond donors (Lipinski definition) is 2. The SMILES string of the molecule is O=[N+]([O-])c1c(Nc2ccc(Cl)c(Cl)c2)ncnc1NC(c1ccccc1)c1ccccc1.